The van der Waals surface area contributed by atoms with E-state index in [2.05, 4.69) is 49.6 Å². The molecule has 0 aromatic heterocycles. The van der Waals surface area contributed by atoms with Crippen LogP contribution >= 0.6 is 0 Å². The minimum Gasteiger partial charge on any atom is -0.296 e. The summed E-state index contributed by atoms with van der Waals surface area (Å²) in [6.45, 7) is 10.1. The summed E-state index contributed by atoms with van der Waals surface area (Å²) in [7, 11) is 1.76. The molecule has 0 atom stereocenters. The van der Waals surface area contributed by atoms with Gasteiger partial charge >= 0.3 is 0 Å². The summed E-state index contributed by atoms with van der Waals surface area (Å²) in [4.78, 5) is 8.00. The van der Waals surface area contributed by atoms with Crippen molar-refractivity contribution >= 4 is 18.6 Å². The molecule has 0 aliphatic heterocycles. The van der Waals surface area contributed by atoms with Gasteiger partial charge in [-0.3, -0.25) is 9.98 Å². The minimum absolute atomic E-state index is 0.149. The van der Waals surface area contributed by atoms with Crippen molar-refractivity contribution in [1.82, 2.24) is 0 Å². The van der Waals surface area contributed by atoms with E-state index in [-0.39, 0.29) is 5.41 Å². The van der Waals surface area contributed by atoms with Crippen molar-refractivity contribution in [3.63, 3.8) is 0 Å². The highest BCUT2D eigenvalue weighted by Crippen LogP contribution is 2.27. The van der Waals surface area contributed by atoms with E-state index in [4.69, 9.17) is 0 Å². The number of benzene rings is 1. The van der Waals surface area contributed by atoms with Gasteiger partial charge < -0.3 is 0 Å². The van der Waals surface area contributed by atoms with Gasteiger partial charge in [0.15, 0.2) is 0 Å². The number of aliphatic imine (C=N–C) groups is 2. The van der Waals surface area contributed by atoms with Crippen molar-refractivity contribution in [3.8, 4) is 0 Å². The fraction of sp³-hybridized carbons (Fsp3) is 0.385. The average molecular weight is 202 g/mol. The van der Waals surface area contributed by atoms with E-state index in [1.54, 1.807) is 7.05 Å². The Morgan fingerprint density at radius 2 is 1.93 bits per heavy atom. The molecule has 0 heterocycles. The average Bonchev–Trinajstić information content (AvgIpc) is 2.17. The molecule has 0 radical (unpaired) electrons. The van der Waals surface area contributed by atoms with Crippen molar-refractivity contribution in [2.24, 2.45) is 9.98 Å². The summed E-state index contributed by atoms with van der Waals surface area (Å²) >= 11 is 0. The van der Waals surface area contributed by atoms with E-state index >= 15 is 0 Å². The lowest BCUT2D eigenvalue weighted by atomic mass is 9.86. The zero-order chi connectivity index (χ0) is 11.5. The largest absolute Gasteiger partial charge is 0.296 e. The molecule has 15 heavy (non-hydrogen) atoms. The zero-order valence-electron chi connectivity index (χ0n) is 9.91. The van der Waals surface area contributed by atoms with Crippen LogP contribution < -0.4 is 0 Å². The third-order valence-electron chi connectivity index (χ3n) is 2.33. The fourth-order valence-corrected chi connectivity index (χ4v) is 1.41. The van der Waals surface area contributed by atoms with Crippen molar-refractivity contribution in [2.75, 3.05) is 7.05 Å². The summed E-state index contributed by atoms with van der Waals surface area (Å²) in [5.74, 6) is 0. The lowest BCUT2D eigenvalue weighted by Crippen LogP contribution is -2.11. The zero-order valence-corrected chi connectivity index (χ0v) is 9.91. The Labute approximate surface area is 91.8 Å². The van der Waals surface area contributed by atoms with Gasteiger partial charge in [-0.25, -0.2) is 0 Å². The van der Waals surface area contributed by atoms with E-state index in [0.717, 1.165) is 11.3 Å². The smallest absolute Gasteiger partial charge is 0.0710 e. The molecule has 0 saturated heterocycles. The second-order valence-electron chi connectivity index (χ2n) is 4.57. The monoisotopic (exact) mass is 202 g/mol. The highest BCUT2D eigenvalue weighted by molar-refractivity contribution is 5.87. The maximum absolute atomic E-state index is 4.02. The van der Waals surface area contributed by atoms with Gasteiger partial charge in [0, 0.05) is 18.8 Å². The predicted molar refractivity (Wildman–Crippen MR) is 67.9 cm³/mol. The summed E-state index contributed by atoms with van der Waals surface area (Å²) in [5, 5.41) is 0. The number of hydrogen-bond acceptors (Lipinski definition) is 2. The molecule has 80 valence electrons. The van der Waals surface area contributed by atoms with Gasteiger partial charge in [0.05, 0.1) is 5.69 Å². The molecule has 0 bridgehead atoms. The standard InChI is InChI=1S/C13H18N2/c1-13(2,3)11-6-7-12(15-5)10(8-11)9-14-4/h6-9H,5H2,1-4H3. The van der Waals surface area contributed by atoms with Crippen molar-refractivity contribution in [2.45, 2.75) is 26.2 Å². The lowest BCUT2D eigenvalue weighted by Gasteiger charge is -2.19. The van der Waals surface area contributed by atoms with E-state index in [9.17, 15) is 0 Å². The van der Waals surface area contributed by atoms with E-state index in [1.807, 2.05) is 12.3 Å². The molecule has 0 amide bonds. The molecule has 2 nitrogen and oxygen atoms in total. The van der Waals surface area contributed by atoms with Crippen LogP contribution in [0.15, 0.2) is 28.2 Å². The van der Waals surface area contributed by atoms with Crippen molar-refractivity contribution < 1.29 is 0 Å². The lowest BCUT2D eigenvalue weighted by molar-refractivity contribution is 0.590. The first-order valence-corrected chi connectivity index (χ1v) is 5.02. The summed E-state index contributed by atoms with van der Waals surface area (Å²) in [5.41, 5.74) is 3.34. The Balaban J connectivity index is 3.28. The number of rotatable bonds is 2. The molecule has 0 N–H and O–H groups in total. The van der Waals surface area contributed by atoms with Gasteiger partial charge in [-0.1, -0.05) is 26.8 Å². The SMILES string of the molecule is C=Nc1ccc(C(C)(C)C)cc1C=NC. The highest BCUT2D eigenvalue weighted by atomic mass is 14.7. The molecule has 2 heteroatoms. The number of hydrogen-bond donors (Lipinski definition) is 0. The molecule has 0 aliphatic carbocycles. The van der Waals surface area contributed by atoms with Crippen LogP contribution in [-0.4, -0.2) is 20.0 Å². The van der Waals surface area contributed by atoms with E-state index in [1.165, 1.54) is 5.56 Å². The summed E-state index contributed by atoms with van der Waals surface area (Å²) in [6.07, 6.45) is 1.82. The molecule has 1 aromatic rings. The van der Waals surface area contributed by atoms with Crippen LogP contribution in [0.3, 0.4) is 0 Å². The first-order valence-electron chi connectivity index (χ1n) is 5.02. The second-order valence-corrected chi connectivity index (χ2v) is 4.57. The molecule has 0 spiro atoms. The maximum atomic E-state index is 4.02. The van der Waals surface area contributed by atoms with Crippen LogP contribution in [0.4, 0.5) is 5.69 Å². The summed E-state index contributed by atoms with van der Waals surface area (Å²) < 4.78 is 0. The molecule has 1 aromatic carbocycles. The van der Waals surface area contributed by atoms with Crippen LogP contribution in [0.25, 0.3) is 0 Å². The third kappa shape index (κ3) is 2.75. The normalized spacial score (nSPS) is 12.0. The van der Waals surface area contributed by atoms with Crippen molar-refractivity contribution in [3.05, 3.63) is 29.3 Å². The molecule has 0 aliphatic rings. The van der Waals surface area contributed by atoms with Gasteiger partial charge in [-0.15, -0.1) is 0 Å². The Hall–Kier alpha value is -1.44. The number of nitrogens with zero attached hydrogens (tertiary/aromatic N) is 2. The Morgan fingerprint density at radius 3 is 2.40 bits per heavy atom. The summed E-state index contributed by atoms with van der Waals surface area (Å²) in [6, 6.07) is 6.21. The molecule has 0 saturated carbocycles. The molecule has 0 fully saturated rings. The molecule has 1 rings (SSSR count). The Bertz CT molecular complexity index is 384. The van der Waals surface area contributed by atoms with Gasteiger partial charge in [-0.2, -0.15) is 0 Å². The maximum Gasteiger partial charge on any atom is 0.0710 e. The Kier molecular flexibility index (Phi) is 3.40. The van der Waals surface area contributed by atoms with E-state index < -0.39 is 0 Å². The van der Waals surface area contributed by atoms with Crippen LogP contribution in [0, 0.1) is 0 Å². The Morgan fingerprint density at radius 1 is 1.27 bits per heavy atom. The van der Waals surface area contributed by atoms with Crippen molar-refractivity contribution in [1.29, 1.82) is 0 Å². The minimum atomic E-state index is 0.149. The first-order chi connectivity index (χ1) is 6.99. The van der Waals surface area contributed by atoms with Gasteiger partial charge in [0.2, 0.25) is 0 Å². The van der Waals surface area contributed by atoms with Crippen LogP contribution in [0.2, 0.25) is 0 Å². The second kappa shape index (κ2) is 4.39. The third-order valence-corrected chi connectivity index (χ3v) is 2.33. The van der Waals surface area contributed by atoms with Gasteiger partial charge in [0.25, 0.3) is 0 Å². The van der Waals surface area contributed by atoms with Crippen LogP contribution in [-0.2, 0) is 5.41 Å². The topological polar surface area (TPSA) is 24.7 Å². The van der Waals surface area contributed by atoms with Gasteiger partial charge in [-0.05, 0) is 29.8 Å². The van der Waals surface area contributed by atoms with Crippen LogP contribution in [0.1, 0.15) is 31.9 Å². The fourth-order valence-electron chi connectivity index (χ4n) is 1.41. The molecular weight excluding hydrogens is 184 g/mol. The molecule has 0 unspecified atom stereocenters. The van der Waals surface area contributed by atoms with Crippen LogP contribution in [0.5, 0.6) is 0 Å². The predicted octanol–water partition coefficient (Wildman–Crippen LogP) is 3.36. The quantitative estimate of drug-likeness (QED) is 0.657. The van der Waals surface area contributed by atoms with E-state index in [0.29, 0.717) is 0 Å². The highest BCUT2D eigenvalue weighted by Gasteiger charge is 2.14. The van der Waals surface area contributed by atoms with Gasteiger partial charge in [0.1, 0.15) is 0 Å². The molecular formula is C13H18N2. The first kappa shape index (κ1) is 11.6.